The van der Waals surface area contributed by atoms with Crippen LogP contribution in [0.15, 0.2) is 0 Å². The summed E-state index contributed by atoms with van der Waals surface area (Å²) in [7, 11) is 0. The summed E-state index contributed by atoms with van der Waals surface area (Å²) in [6.07, 6.45) is -0.278. The molecule has 3 heteroatoms. The summed E-state index contributed by atoms with van der Waals surface area (Å²) >= 11 is 0. The van der Waals surface area contributed by atoms with Crippen LogP contribution in [0.3, 0.4) is 0 Å². The molecule has 0 aromatic heterocycles. The maximum absolute atomic E-state index is 8.56. The average Bonchev–Trinajstić information content (AvgIpc) is 1.27. The molecule has 2 nitrogen and oxygen atoms in total. The van der Waals surface area contributed by atoms with Crippen LogP contribution in [-0.4, -0.2) is 22.4 Å². The van der Waals surface area contributed by atoms with E-state index in [9.17, 15) is 0 Å². The second-order valence-electron chi connectivity index (χ2n) is 1.93. The molecule has 2 N–H and O–H groups in total. The Morgan fingerprint density at radius 1 is 1.12 bits per heavy atom. The predicted octanol–water partition coefficient (Wildman–Crippen LogP) is 0.136. The zero-order chi connectivity index (χ0) is 5.86. The van der Waals surface area contributed by atoms with E-state index in [1.54, 1.807) is 13.8 Å². The van der Waals surface area contributed by atoms with Gasteiger partial charge in [-0.3, -0.25) is 0 Å². The third kappa shape index (κ3) is 9.92. The predicted molar refractivity (Wildman–Crippen MR) is 28.0 cm³/mol. The van der Waals surface area contributed by atoms with E-state index in [0.29, 0.717) is 6.42 Å². The fourth-order valence-electron chi connectivity index (χ4n) is 0.494. The van der Waals surface area contributed by atoms with Gasteiger partial charge in [0.05, 0.1) is 12.2 Å². The summed E-state index contributed by atoms with van der Waals surface area (Å²) in [4.78, 5) is 0. The zero-order valence-electron chi connectivity index (χ0n) is 5.26. The van der Waals surface area contributed by atoms with Gasteiger partial charge in [0.2, 0.25) is 0 Å². The number of hydrogen-bond donors (Lipinski definition) is 2. The van der Waals surface area contributed by atoms with Gasteiger partial charge in [-0.05, 0) is 20.3 Å². The molecule has 0 spiro atoms. The summed E-state index contributed by atoms with van der Waals surface area (Å²) in [6, 6.07) is 0. The minimum absolute atomic E-state index is 0. The first-order valence-electron chi connectivity index (χ1n) is 2.49. The molecule has 8 heavy (non-hydrogen) atoms. The number of aliphatic hydroxyl groups is 2. The molecule has 48 valence electrons. The van der Waals surface area contributed by atoms with Gasteiger partial charge in [0.1, 0.15) is 0 Å². The molecule has 0 aliphatic heterocycles. The van der Waals surface area contributed by atoms with E-state index < -0.39 is 0 Å². The average molecular weight is 283 g/mol. The normalized spacial score (nSPS) is 16.5. The van der Waals surface area contributed by atoms with Gasteiger partial charge in [-0.1, -0.05) is 0 Å². The largest absolute Gasteiger partial charge is 0.393 e. The van der Waals surface area contributed by atoms with Gasteiger partial charge in [0, 0.05) is 25.8 Å². The summed E-state index contributed by atoms with van der Waals surface area (Å²) in [5.41, 5.74) is 0. The van der Waals surface area contributed by atoms with Crippen molar-refractivity contribution in [3.63, 3.8) is 0 Å². The molecule has 0 saturated carbocycles. The molecular weight excluding hydrogens is 271 g/mol. The van der Waals surface area contributed by atoms with Crippen LogP contribution in [0.1, 0.15) is 20.3 Å². The number of hydrogen-bond acceptors (Lipinski definition) is 2. The maximum atomic E-state index is 8.56. The van der Waals surface area contributed by atoms with Gasteiger partial charge in [0.25, 0.3) is 0 Å². The maximum Gasteiger partial charge on any atom is 0.0536 e. The van der Waals surface area contributed by atoms with Crippen molar-refractivity contribution in [2.75, 3.05) is 0 Å². The van der Waals surface area contributed by atoms with Crippen molar-refractivity contribution in [2.24, 2.45) is 0 Å². The van der Waals surface area contributed by atoms with Gasteiger partial charge >= 0.3 is 0 Å². The quantitative estimate of drug-likeness (QED) is 0.707. The summed E-state index contributed by atoms with van der Waals surface area (Å²) in [6.45, 7) is 3.32. The molecule has 0 fully saturated rings. The van der Waals surface area contributed by atoms with Crippen LogP contribution in [0.25, 0.3) is 0 Å². The van der Waals surface area contributed by atoms with E-state index in [-0.39, 0.29) is 38.1 Å². The van der Waals surface area contributed by atoms with Gasteiger partial charge in [-0.2, -0.15) is 0 Å². The Kier molecular flexibility index (Phi) is 8.56. The van der Waals surface area contributed by atoms with Crippen molar-refractivity contribution in [1.82, 2.24) is 0 Å². The Morgan fingerprint density at radius 3 is 1.38 bits per heavy atom. The van der Waals surface area contributed by atoms with Crippen molar-refractivity contribution in [1.29, 1.82) is 0 Å². The molecule has 0 aromatic carbocycles. The van der Waals surface area contributed by atoms with Gasteiger partial charge in [-0.15, -0.1) is 0 Å². The topological polar surface area (TPSA) is 40.5 Å². The van der Waals surface area contributed by atoms with Crippen LogP contribution in [-0.2, 0) is 25.8 Å². The van der Waals surface area contributed by atoms with Gasteiger partial charge < -0.3 is 10.2 Å². The van der Waals surface area contributed by atoms with E-state index in [1.807, 2.05) is 0 Å². The Bertz CT molecular complexity index is 39.7. The van der Waals surface area contributed by atoms with E-state index >= 15 is 0 Å². The molecule has 0 heterocycles. The fraction of sp³-hybridized carbons (Fsp3) is 1.00. The smallest absolute Gasteiger partial charge is 0.0536 e. The fourth-order valence-corrected chi connectivity index (χ4v) is 0.494. The molecule has 0 saturated heterocycles. The second-order valence-corrected chi connectivity index (χ2v) is 1.93. The molecule has 2 unspecified atom stereocenters. The van der Waals surface area contributed by atoms with E-state index in [4.69, 9.17) is 10.2 Å². The first kappa shape index (κ1) is 11.6. The molecular formula is C5H12HfO2. The molecule has 0 aliphatic rings. The Morgan fingerprint density at radius 2 is 1.38 bits per heavy atom. The van der Waals surface area contributed by atoms with E-state index in [1.165, 1.54) is 0 Å². The first-order valence-corrected chi connectivity index (χ1v) is 2.49. The molecule has 2 atom stereocenters. The van der Waals surface area contributed by atoms with Crippen LogP contribution in [0.5, 0.6) is 0 Å². The van der Waals surface area contributed by atoms with E-state index in [0.717, 1.165) is 0 Å². The van der Waals surface area contributed by atoms with Crippen molar-refractivity contribution < 1.29 is 36.1 Å². The summed E-state index contributed by atoms with van der Waals surface area (Å²) in [5.74, 6) is 0. The third-order valence-corrected chi connectivity index (χ3v) is 0.682. The van der Waals surface area contributed by atoms with Gasteiger partial charge in [-0.25, -0.2) is 0 Å². The first-order chi connectivity index (χ1) is 3.13. The minimum atomic E-state index is -0.375. The molecule has 0 aromatic rings. The SMILES string of the molecule is CC(O)CC(C)O.[Hf]. The molecule has 0 bridgehead atoms. The molecule has 0 aliphatic carbocycles. The van der Waals surface area contributed by atoms with Gasteiger partial charge in [0.15, 0.2) is 0 Å². The van der Waals surface area contributed by atoms with Crippen molar-refractivity contribution in [3.8, 4) is 0 Å². The third-order valence-electron chi connectivity index (χ3n) is 0.682. The standard InChI is InChI=1S/C5H12O2.Hf/c1-4(6)3-5(2)7;/h4-7H,3H2,1-2H3;. The Labute approximate surface area is 68.7 Å². The number of rotatable bonds is 2. The summed E-state index contributed by atoms with van der Waals surface area (Å²) in [5, 5.41) is 17.1. The Balaban J connectivity index is 0. The molecule has 0 radical (unpaired) electrons. The number of aliphatic hydroxyl groups excluding tert-OH is 2. The van der Waals surface area contributed by atoms with Crippen LogP contribution in [0.2, 0.25) is 0 Å². The van der Waals surface area contributed by atoms with Crippen LogP contribution >= 0.6 is 0 Å². The Hall–Kier alpha value is 0.790. The van der Waals surface area contributed by atoms with E-state index in [2.05, 4.69) is 0 Å². The van der Waals surface area contributed by atoms with Crippen molar-refractivity contribution >= 4 is 0 Å². The van der Waals surface area contributed by atoms with Crippen molar-refractivity contribution in [2.45, 2.75) is 32.5 Å². The van der Waals surface area contributed by atoms with Crippen LogP contribution in [0.4, 0.5) is 0 Å². The zero-order valence-corrected chi connectivity index (χ0v) is 8.85. The van der Waals surface area contributed by atoms with Crippen LogP contribution < -0.4 is 0 Å². The minimum Gasteiger partial charge on any atom is -0.393 e. The molecule has 0 amide bonds. The monoisotopic (exact) mass is 284 g/mol. The van der Waals surface area contributed by atoms with Crippen molar-refractivity contribution in [3.05, 3.63) is 0 Å². The second kappa shape index (κ2) is 5.92. The molecule has 0 rings (SSSR count). The van der Waals surface area contributed by atoms with Crippen LogP contribution in [0, 0.1) is 0 Å². The summed E-state index contributed by atoms with van der Waals surface area (Å²) < 4.78 is 0.